The van der Waals surface area contributed by atoms with Crippen molar-refractivity contribution in [2.24, 2.45) is 7.05 Å². The first kappa shape index (κ1) is 7.98. The van der Waals surface area contributed by atoms with Gasteiger partial charge in [-0.25, -0.2) is 4.98 Å². The molecule has 0 aliphatic rings. The van der Waals surface area contributed by atoms with Crippen LogP contribution in [0.5, 0.6) is 0 Å². The van der Waals surface area contributed by atoms with Crippen molar-refractivity contribution in [1.29, 1.82) is 5.41 Å². The van der Waals surface area contributed by atoms with Gasteiger partial charge in [0, 0.05) is 18.9 Å². The number of hydrogen-bond acceptors (Lipinski definition) is 2. The van der Waals surface area contributed by atoms with E-state index < -0.39 is 0 Å². The second kappa shape index (κ2) is 2.86. The maximum atomic E-state index is 7.41. The van der Waals surface area contributed by atoms with Crippen LogP contribution in [0.4, 0.5) is 0 Å². The van der Waals surface area contributed by atoms with Crippen LogP contribution in [0.1, 0.15) is 18.2 Å². The summed E-state index contributed by atoms with van der Waals surface area (Å²) in [5.41, 5.74) is 2.51. The second-order valence-corrected chi connectivity index (χ2v) is 2.66. The fourth-order valence-corrected chi connectivity index (χ4v) is 1.08. The van der Waals surface area contributed by atoms with Crippen molar-refractivity contribution in [3.8, 4) is 0 Å². The van der Waals surface area contributed by atoms with E-state index in [0.29, 0.717) is 5.62 Å². The van der Waals surface area contributed by atoms with Crippen LogP contribution in [0.3, 0.4) is 0 Å². The number of aryl methyl sites for hydroxylation is 3. The van der Waals surface area contributed by atoms with Crippen molar-refractivity contribution in [1.82, 2.24) is 9.55 Å². The Bertz CT molecular complexity index is 312. The quantitative estimate of drug-likeness (QED) is 0.633. The van der Waals surface area contributed by atoms with Crippen LogP contribution in [0.25, 0.3) is 0 Å². The van der Waals surface area contributed by atoms with E-state index in [2.05, 4.69) is 11.9 Å². The van der Waals surface area contributed by atoms with Gasteiger partial charge in [0.25, 0.3) is 0 Å². The van der Waals surface area contributed by atoms with Gasteiger partial charge in [-0.05, 0) is 18.9 Å². The molecule has 1 rings (SSSR count). The predicted octanol–water partition coefficient (Wildman–Crippen LogP) is 0.770. The molecule has 60 valence electrons. The third-order valence-corrected chi connectivity index (χ3v) is 1.75. The summed E-state index contributed by atoms with van der Waals surface area (Å²) in [5, 5.41) is 7.41. The molecule has 0 bridgehead atoms. The molecular weight excluding hydrogens is 138 g/mol. The first-order chi connectivity index (χ1) is 5.15. The Morgan fingerprint density at radius 3 is 2.82 bits per heavy atom. The van der Waals surface area contributed by atoms with E-state index in [1.165, 1.54) is 0 Å². The SMILES string of the molecule is CCc1nc(=N)n(C)cc1C. The van der Waals surface area contributed by atoms with Gasteiger partial charge in [-0.1, -0.05) is 6.92 Å². The Morgan fingerprint density at radius 1 is 1.64 bits per heavy atom. The Hall–Kier alpha value is -1.12. The number of hydrogen-bond donors (Lipinski definition) is 1. The van der Waals surface area contributed by atoms with E-state index in [1.807, 2.05) is 20.2 Å². The Balaban J connectivity index is 3.32. The predicted molar refractivity (Wildman–Crippen MR) is 43.2 cm³/mol. The van der Waals surface area contributed by atoms with Gasteiger partial charge in [-0.2, -0.15) is 0 Å². The van der Waals surface area contributed by atoms with E-state index in [4.69, 9.17) is 5.41 Å². The van der Waals surface area contributed by atoms with Crippen LogP contribution < -0.4 is 5.62 Å². The molecule has 3 heteroatoms. The van der Waals surface area contributed by atoms with E-state index in [-0.39, 0.29) is 0 Å². The van der Waals surface area contributed by atoms with Crippen molar-refractivity contribution in [3.63, 3.8) is 0 Å². The van der Waals surface area contributed by atoms with Crippen LogP contribution in [0, 0.1) is 12.3 Å². The summed E-state index contributed by atoms with van der Waals surface area (Å²) in [6.07, 6.45) is 2.84. The molecule has 0 spiro atoms. The highest BCUT2D eigenvalue weighted by atomic mass is 15.0. The van der Waals surface area contributed by atoms with E-state index in [0.717, 1.165) is 17.7 Å². The smallest absolute Gasteiger partial charge is 0.221 e. The molecule has 0 aliphatic carbocycles. The Kier molecular flexibility index (Phi) is 2.08. The van der Waals surface area contributed by atoms with Gasteiger partial charge in [0.05, 0.1) is 0 Å². The van der Waals surface area contributed by atoms with Crippen LogP contribution in [-0.4, -0.2) is 9.55 Å². The molecule has 1 N–H and O–H groups in total. The average Bonchev–Trinajstić information content (AvgIpc) is 1.97. The fraction of sp³-hybridized carbons (Fsp3) is 0.500. The summed E-state index contributed by atoms with van der Waals surface area (Å²) in [7, 11) is 1.84. The molecule has 3 nitrogen and oxygen atoms in total. The first-order valence-electron chi connectivity index (χ1n) is 3.73. The number of rotatable bonds is 1. The lowest BCUT2D eigenvalue weighted by atomic mass is 10.2. The van der Waals surface area contributed by atoms with Gasteiger partial charge in [-0.15, -0.1) is 0 Å². The van der Waals surface area contributed by atoms with Gasteiger partial charge in [0.1, 0.15) is 0 Å². The van der Waals surface area contributed by atoms with Crippen molar-refractivity contribution >= 4 is 0 Å². The monoisotopic (exact) mass is 151 g/mol. The number of nitrogens with one attached hydrogen (secondary N) is 1. The number of aromatic nitrogens is 2. The third kappa shape index (κ3) is 1.48. The van der Waals surface area contributed by atoms with Gasteiger partial charge in [0.2, 0.25) is 5.62 Å². The standard InChI is InChI=1S/C8H13N3/c1-4-7-6(2)5-11(3)8(9)10-7/h5,9H,4H2,1-3H3. The summed E-state index contributed by atoms with van der Waals surface area (Å²) in [5.74, 6) is 0. The maximum absolute atomic E-state index is 7.41. The van der Waals surface area contributed by atoms with Crippen molar-refractivity contribution in [3.05, 3.63) is 23.1 Å². The van der Waals surface area contributed by atoms with Crippen molar-refractivity contribution in [2.75, 3.05) is 0 Å². The molecule has 0 atom stereocenters. The lowest BCUT2D eigenvalue weighted by Crippen LogP contribution is -2.21. The van der Waals surface area contributed by atoms with Gasteiger partial charge >= 0.3 is 0 Å². The van der Waals surface area contributed by atoms with Crippen molar-refractivity contribution in [2.45, 2.75) is 20.3 Å². The molecule has 0 aliphatic heterocycles. The molecule has 0 radical (unpaired) electrons. The third-order valence-electron chi connectivity index (χ3n) is 1.75. The molecule has 11 heavy (non-hydrogen) atoms. The summed E-state index contributed by atoms with van der Waals surface area (Å²) < 4.78 is 1.72. The van der Waals surface area contributed by atoms with Crippen LogP contribution in [0.2, 0.25) is 0 Å². The van der Waals surface area contributed by atoms with Gasteiger partial charge in [0.15, 0.2) is 0 Å². The first-order valence-corrected chi connectivity index (χ1v) is 3.73. The highest BCUT2D eigenvalue weighted by molar-refractivity contribution is 5.13. The van der Waals surface area contributed by atoms with Gasteiger partial charge in [-0.3, -0.25) is 5.41 Å². The zero-order chi connectivity index (χ0) is 8.43. The minimum atomic E-state index is 0.326. The number of nitrogens with zero attached hydrogens (tertiary/aromatic N) is 2. The molecular formula is C8H13N3. The highest BCUT2D eigenvalue weighted by Crippen LogP contribution is 1.99. The lowest BCUT2D eigenvalue weighted by molar-refractivity contribution is 0.733. The lowest BCUT2D eigenvalue weighted by Gasteiger charge is -2.03. The Morgan fingerprint density at radius 2 is 2.27 bits per heavy atom. The summed E-state index contributed by atoms with van der Waals surface area (Å²) in [6, 6.07) is 0. The minimum absolute atomic E-state index is 0.326. The summed E-state index contributed by atoms with van der Waals surface area (Å²) in [6.45, 7) is 4.07. The van der Waals surface area contributed by atoms with E-state index in [1.54, 1.807) is 4.57 Å². The average molecular weight is 151 g/mol. The largest absolute Gasteiger partial charge is 0.320 e. The Labute approximate surface area is 66.2 Å². The zero-order valence-electron chi connectivity index (χ0n) is 7.18. The van der Waals surface area contributed by atoms with Crippen LogP contribution >= 0.6 is 0 Å². The van der Waals surface area contributed by atoms with Crippen molar-refractivity contribution < 1.29 is 0 Å². The molecule has 0 fully saturated rings. The minimum Gasteiger partial charge on any atom is -0.320 e. The molecule has 1 aromatic rings. The second-order valence-electron chi connectivity index (χ2n) is 2.66. The normalized spacial score (nSPS) is 10.1. The van der Waals surface area contributed by atoms with E-state index >= 15 is 0 Å². The van der Waals surface area contributed by atoms with E-state index in [9.17, 15) is 0 Å². The molecule has 0 unspecified atom stereocenters. The van der Waals surface area contributed by atoms with Gasteiger partial charge < -0.3 is 4.57 Å². The molecule has 0 amide bonds. The zero-order valence-corrected chi connectivity index (χ0v) is 7.18. The molecule has 1 heterocycles. The van der Waals surface area contributed by atoms with Crippen LogP contribution in [-0.2, 0) is 13.5 Å². The molecule has 0 saturated carbocycles. The van der Waals surface area contributed by atoms with Crippen LogP contribution in [0.15, 0.2) is 6.20 Å². The summed E-state index contributed by atoms with van der Waals surface area (Å²) >= 11 is 0. The fourth-order valence-electron chi connectivity index (χ4n) is 1.08. The molecule has 0 aromatic carbocycles. The highest BCUT2D eigenvalue weighted by Gasteiger charge is 1.97. The topological polar surface area (TPSA) is 41.7 Å². The molecule has 1 aromatic heterocycles. The maximum Gasteiger partial charge on any atom is 0.221 e. The molecule has 0 saturated heterocycles. The summed E-state index contributed by atoms with van der Waals surface area (Å²) in [4.78, 5) is 4.12.